The highest BCUT2D eigenvalue weighted by Gasteiger charge is 2.07. The molecule has 3 heterocycles. The minimum Gasteiger partial charge on any atom is -0.394 e. The number of aliphatic hydroxyl groups is 1. The SMILES string of the molecule is Nc1cc(-c2cnc3c(cnn3CCO)c2)ncn1. The Labute approximate surface area is 108 Å². The molecule has 3 rings (SSSR count). The zero-order chi connectivity index (χ0) is 13.2. The molecular formula is C12H12N6O. The monoisotopic (exact) mass is 256 g/mol. The van der Waals surface area contributed by atoms with Gasteiger partial charge in [0.25, 0.3) is 0 Å². The molecule has 0 aliphatic heterocycles. The van der Waals surface area contributed by atoms with E-state index in [9.17, 15) is 0 Å². The lowest BCUT2D eigenvalue weighted by Crippen LogP contribution is -2.04. The number of aromatic nitrogens is 5. The highest BCUT2D eigenvalue weighted by atomic mass is 16.3. The van der Waals surface area contributed by atoms with Crippen LogP contribution < -0.4 is 5.73 Å². The molecule has 3 aromatic rings. The molecule has 19 heavy (non-hydrogen) atoms. The summed E-state index contributed by atoms with van der Waals surface area (Å²) in [5.74, 6) is 0.418. The Morgan fingerprint density at radius 1 is 1.16 bits per heavy atom. The van der Waals surface area contributed by atoms with Gasteiger partial charge < -0.3 is 10.8 Å². The molecule has 0 fully saturated rings. The molecule has 0 unspecified atom stereocenters. The number of nitrogens with two attached hydrogens (primary N) is 1. The molecule has 0 radical (unpaired) electrons. The second kappa shape index (κ2) is 4.62. The predicted molar refractivity (Wildman–Crippen MR) is 70.1 cm³/mol. The van der Waals surface area contributed by atoms with Crippen LogP contribution in [0.3, 0.4) is 0 Å². The van der Waals surface area contributed by atoms with Crippen LogP contribution in [0, 0.1) is 0 Å². The second-order valence-electron chi connectivity index (χ2n) is 4.06. The third-order valence-corrected chi connectivity index (χ3v) is 2.77. The number of pyridine rings is 1. The van der Waals surface area contributed by atoms with Crippen LogP contribution in [-0.4, -0.2) is 36.4 Å². The molecular weight excluding hydrogens is 244 g/mol. The third kappa shape index (κ3) is 2.11. The average molecular weight is 256 g/mol. The molecule has 96 valence electrons. The van der Waals surface area contributed by atoms with Gasteiger partial charge in [-0.2, -0.15) is 5.10 Å². The lowest BCUT2D eigenvalue weighted by atomic mass is 10.2. The van der Waals surface area contributed by atoms with E-state index < -0.39 is 0 Å². The lowest BCUT2D eigenvalue weighted by Gasteiger charge is -2.02. The van der Waals surface area contributed by atoms with Gasteiger partial charge in [-0.1, -0.05) is 0 Å². The van der Waals surface area contributed by atoms with E-state index in [2.05, 4.69) is 20.1 Å². The quantitative estimate of drug-likeness (QED) is 0.705. The molecule has 0 saturated carbocycles. The van der Waals surface area contributed by atoms with E-state index in [-0.39, 0.29) is 6.61 Å². The van der Waals surface area contributed by atoms with E-state index in [0.717, 1.165) is 22.3 Å². The smallest absolute Gasteiger partial charge is 0.157 e. The van der Waals surface area contributed by atoms with E-state index in [1.807, 2.05) is 6.07 Å². The van der Waals surface area contributed by atoms with Crippen LogP contribution in [0.4, 0.5) is 5.82 Å². The van der Waals surface area contributed by atoms with Crippen molar-refractivity contribution < 1.29 is 5.11 Å². The molecule has 0 atom stereocenters. The Balaban J connectivity index is 2.07. The van der Waals surface area contributed by atoms with Crippen molar-refractivity contribution in [3.63, 3.8) is 0 Å². The maximum Gasteiger partial charge on any atom is 0.157 e. The van der Waals surface area contributed by atoms with Gasteiger partial charge in [-0.3, -0.25) is 0 Å². The largest absolute Gasteiger partial charge is 0.394 e. The van der Waals surface area contributed by atoms with Gasteiger partial charge in [-0.05, 0) is 6.07 Å². The second-order valence-corrected chi connectivity index (χ2v) is 4.06. The Kier molecular flexibility index (Phi) is 2.81. The minimum atomic E-state index is 0.0304. The van der Waals surface area contributed by atoms with Crippen LogP contribution in [0.2, 0.25) is 0 Å². The normalized spacial score (nSPS) is 11.0. The van der Waals surface area contributed by atoms with Crippen LogP contribution >= 0.6 is 0 Å². The number of nitrogens with zero attached hydrogens (tertiary/aromatic N) is 5. The zero-order valence-electron chi connectivity index (χ0n) is 10.1. The fraction of sp³-hybridized carbons (Fsp3) is 0.167. The molecule has 0 aromatic carbocycles. The Hall–Kier alpha value is -2.54. The maximum atomic E-state index is 8.94. The van der Waals surface area contributed by atoms with Gasteiger partial charge in [-0.15, -0.1) is 0 Å². The van der Waals surface area contributed by atoms with Crippen molar-refractivity contribution in [2.24, 2.45) is 0 Å². The summed E-state index contributed by atoms with van der Waals surface area (Å²) in [4.78, 5) is 12.4. The van der Waals surface area contributed by atoms with Crippen molar-refractivity contribution >= 4 is 16.9 Å². The summed E-state index contributed by atoms with van der Waals surface area (Å²) < 4.78 is 1.66. The number of hydrogen-bond acceptors (Lipinski definition) is 6. The molecule has 0 saturated heterocycles. The van der Waals surface area contributed by atoms with E-state index >= 15 is 0 Å². The minimum absolute atomic E-state index is 0.0304. The van der Waals surface area contributed by atoms with Crippen molar-refractivity contribution in [3.05, 3.63) is 30.9 Å². The number of anilines is 1. The van der Waals surface area contributed by atoms with Gasteiger partial charge in [0.1, 0.15) is 12.1 Å². The number of nitrogen functional groups attached to an aromatic ring is 1. The molecule has 7 nitrogen and oxygen atoms in total. The van der Waals surface area contributed by atoms with Gasteiger partial charge in [0.2, 0.25) is 0 Å². The summed E-state index contributed by atoms with van der Waals surface area (Å²) in [6.45, 7) is 0.457. The number of fused-ring (bicyclic) bond motifs is 1. The van der Waals surface area contributed by atoms with Crippen molar-refractivity contribution in [2.75, 3.05) is 12.3 Å². The highest BCUT2D eigenvalue weighted by molar-refractivity contribution is 5.80. The first-order chi connectivity index (χ1) is 9.28. The zero-order valence-corrected chi connectivity index (χ0v) is 10.1. The fourth-order valence-electron chi connectivity index (χ4n) is 1.90. The molecule has 3 aromatic heterocycles. The molecule has 0 aliphatic carbocycles. The Morgan fingerprint density at radius 2 is 2.05 bits per heavy atom. The van der Waals surface area contributed by atoms with Crippen LogP contribution in [0.5, 0.6) is 0 Å². The van der Waals surface area contributed by atoms with Crippen molar-refractivity contribution in [1.29, 1.82) is 0 Å². The number of hydrogen-bond donors (Lipinski definition) is 2. The summed E-state index contributed by atoms with van der Waals surface area (Å²) in [5.41, 5.74) is 7.94. The lowest BCUT2D eigenvalue weighted by molar-refractivity contribution is 0.271. The van der Waals surface area contributed by atoms with E-state index in [1.54, 1.807) is 23.1 Å². The predicted octanol–water partition coefficient (Wildman–Crippen LogP) is 0.463. The van der Waals surface area contributed by atoms with Gasteiger partial charge in [-0.25, -0.2) is 19.6 Å². The van der Waals surface area contributed by atoms with Crippen LogP contribution in [-0.2, 0) is 6.54 Å². The van der Waals surface area contributed by atoms with E-state index in [0.29, 0.717) is 12.4 Å². The summed E-state index contributed by atoms with van der Waals surface area (Å²) in [6.07, 6.45) is 4.84. The summed E-state index contributed by atoms with van der Waals surface area (Å²) in [6, 6.07) is 3.63. The number of aliphatic hydroxyl groups excluding tert-OH is 1. The van der Waals surface area contributed by atoms with Crippen LogP contribution in [0.25, 0.3) is 22.3 Å². The van der Waals surface area contributed by atoms with Gasteiger partial charge in [0.05, 0.1) is 25.0 Å². The molecule has 0 amide bonds. The Bertz CT molecular complexity index is 723. The summed E-state index contributed by atoms with van der Waals surface area (Å²) in [7, 11) is 0. The highest BCUT2D eigenvalue weighted by Crippen LogP contribution is 2.21. The van der Waals surface area contributed by atoms with Crippen molar-refractivity contribution in [2.45, 2.75) is 6.54 Å². The summed E-state index contributed by atoms with van der Waals surface area (Å²) >= 11 is 0. The van der Waals surface area contributed by atoms with Crippen molar-refractivity contribution in [1.82, 2.24) is 24.7 Å². The Morgan fingerprint density at radius 3 is 2.84 bits per heavy atom. The standard InChI is InChI=1S/C12H12N6O/c13-11-4-10(15-7-16-11)8-3-9-6-17-18(1-2-19)12(9)14-5-8/h3-7,19H,1-2H2,(H2,13,15,16). The van der Waals surface area contributed by atoms with Crippen LogP contribution in [0.15, 0.2) is 30.9 Å². The first-order valence-corrected chi connectivity index (χ1v) is 5.78. The fourth-order valence-corrected chi connectivity index (χ4v) is 1.90. The van der Waals surface area contributed by atoms with Gasteiger partial charge in [0.15, 0.2) is 5.65 Å². The molecule has 0 bridgehead atoms. The third-order valence-electron chi connectivity index (χ3n) is 2.77. The first-order valence-electron chi connectivity index (χ1n) is 5.78. The van der Waals surface area contributed by atoms with E-state index in [4.69, 9.17) is 10.8 Å². The first kappa shape index (κ1) is 11.5. The van der Waals surface area contributed by atoms with Crippen LogP contribution in [0.1, 0.15) is 0 Å². The van der Waals surface area contributed by atoms with E-state index in [1.165, 1.54) is 6.33 Å². The van der Waals surface area contributed by atoms with Gasteiger partial charge >= 0.3 is 0 Å². The molecule has 3 N–H and O–H groups in total. The maximum absolute atomic E-state index is 8.94. The molecule has 0 spiro atoms. The number of rotatable bonds is 3. The topological polar surface area (TPSA) is 103 Å². The molecule has 7 heteroatoms. The van der Waals surface area contributed by atoms with Gasteiger partial charge in [0, 0.05) is 23.2 Å². The van der Waals surface area contributed by atoms with Crippen molar-refractivity contribution in [3.8, 4) is 11.3 Å². The summed E-state index contributed by atoms with van der Waals surface area (Å²) in [5, 5.41) is 14.0. The molecule has 0 aliphatic rings. The average Bonchev–Trinajstić information content (AvgIpc) is 2.82.